The molecule has 0 bridgehead atoms. The molecule has 0 radical (unpaired) electrons. The van der Waals surface area contributed by atoms with E-state index in [-0.39, 0.29) is 18.4 Å². The van der Waals surface area contributed by atoms with Crippen molar-refractivity contribution in [3.05, 3.63) is 60.0 Å². The van der Waals surface area contributed by atoms with Gasteiger partial charge in [-0.3, -0.25) is 4.90 Å². The highest BCUT2D eigenvalue weighted by Gasteiger charge is 2.25. The highest BCUT2D eigenvalue weighted by atomic mass is 35.5. The van der Waals surface area contributed by atoms with Crippen molar-refractivity contribution < 1.29 is 4.52 Å². The Morgan fingerprint density at radius 2 is 2.12 bits per heavy atom. The van der Waals surface area contributed by atoms with E-state index in [9.17, 15) is 0 Å². The molecule has 1 aromatic carbocycles. The molecule has 25 heavy (non-hydrogen) atoms. The van der Waals surface area contributed by atoms with Gasteiger partial charge in [0.1, 0.15) is 0 Å². The number of likely N-dealkylation sites (N-methyl/N-ethyl adjacent to an activating group) is 1. The highest BCUT2D eigenvalue weighted by Crippen LogP contribution is 2.19. The SMILES string of the molecule is CN1CCNCC1c1noc(Cc2ccc(-n3cccn3)cc2)n1.Cl. The van der Waals surface area contributed by atoms with Crippen LogP contribution in [0.3, 0.4) is 0 Å². The van der Waals surface area contributed by atoms with Crippen molar-refractivity contribution in [1.29, 1.82) is 0 Å². The largest absolute Gasteiger partial charge is 0.339 e. The third kappa shape index (κ3) is 3.89. The van der Waals surface area contributed by atoms with Crippen LogP contribution < -0.4 is 5.32 Å². The topological polar surface area (TPSA) is 72.0 Å². The zero-order valence-corrected chi connectivity index (χ0v) is 14.8. The second-order valence-corrected chi connectivity index (χ2v) is 6.04. The molecule has 1 unspecified atom stereocenters. The number of nitrogens with zero attached hydrogens (tertiary/aromatic N) is 5. The van der Waals surface area contributed by atoms with E-state index in [2.05, 4.69) is 44.6 Å². The molecule has 1 fully saturated rings. The van der Waals surface area contributed by atoms with E-state index in [1.54, 1.807) is 6.20 Å². The maximum Gasteiger partial charge on any atom is 0.231 e. The molecule has 4 rings (SSSR count). The minimum absolute atomic E-state index is 0. The average Bonchev–Trinajstić information content (AvgIpc) is 3.28. The summed E-state index contributed by atoms with van der Waals surface area (Å²) in [6.45, 7) is 2.85. The Morgan fingerprint density at radius 3 is 2.84 bits per heavy atom. The second kappa shape index (κ2) is 7.77. The standard InChI is InChI=1S/C17H20N6O.ClH/c1-22-10-8-18-12-15(22)17-20-16(24-21-17)11-13-3-5-14(6-4-13)23-9-2-7-19-23;/h2-7,9,15,18H,8,10-12H2,1H3;1H. The number of hydrogen-bond donors (Lipinski definition) is 1. The van der Waals surface area contributed by atoms with Crippen LogP contribution in [-0.2, 0) is 6.42 Å². The molecule has 1 aliphatic rings. The fourth-order valence-corrected chi connectivity index (χ4v) is 2.93. The number of aromatic nitrogens is 4. The quantitative estimate of drug-likeness (QED) is 0.765. The number of halogens is 1. The fraction of sp³-hybridized carbons (Fsp3) is 0.353. The molecule has 0 saturated carbocycles. The Kier molecular flexibility index (Phi) is 5.47. The third-order valence-electron chi connectivity index (χ3n) is 4.35. The summed E-state index contributed by atoms with van der Waals surface area (Å²) in [6.07, 6.45) is 4.33. The van der Waals surface area contributed by atoms with Gasteiger partial charge >= 0.3 is 0 Å². The summed E-state index contributed by atoms with van der Waals surface area (Å²) in [5, 5.41) is 11.8. The summed E-state index contributed by atoms with van der Waals surface area (Å²) in [5.74, 6) is 1.41. The van der Waals surface area contributed by atoms with Gasteiger partial charge in [0.2, 0.25) is 5.89 Å². The molecule has 3 heterocycles. The van der Waals surface area contributed by atoms with Crippen LogP contribution in [0.15, 0.2) is 47.2 Å². The maximum atomic E-state index is 5.44. The monoisotopic (exact) mass is 360 g/mol. The van der Waals surface area contributed by atoms with Crippen LogP contribution in [0.1, 0.15) is 23.3 Å². The Labute approximate surface area is 152 Å². The first-order valence-electron chi connectivity index (χ1n) is 8.12. The van der Waals surface area contributed by atoms with E-state index in [4.69, 9.17) is 4.52 Å². The molecule has 0 spiro atoms. The molecule has 1 N–H and O–H groups in total. The van der Waals surface area contributed by atoms with Crippen LogP contribution in [0.25, 0.3) is 5.69 Å². The van der Waals surface area contributed by atoms with E-state index in [0.717, 1.165) is 36.7 Å². The highest BCUT2D eigenvalue weighted by molar-refractivity contribution is 5.85. The van der Waals surface area contributed by atoms with Crippen molar-refractivity contribution in [2.75, 3.05) is 26.7 Å². The molecule has 1 atom stereocenters. The molecule has 1 aliphatic heterocycles. The first kappa shape index (κ1) is 17.6. The lowest BCUT2D eigenvalue weighted by atomic mass is 10.1. The van der Waals surface area contributed by atoms with Crippen molar-refractivity contribution in [3.63, 3.8) is 0 Å². The van der Waals surface area contributed by atoms with Crippen molar-refractivity contribution in [2.24, 2.45) is 0 Å². The predicted molar refractivity (Wildman–Crippen MR) is 96.2 cm³/mol. The van der Waals surface area contributed by atoms with Crippen LogP contribution in [0, 0.1) is 0 Å². The second-order valence-electron chi connectivity index (χ2n) is 6.04. The van der Waals surface area contributed by atoms with Crippen molar-refractivity contribution in [1.82, 2.24) is 30.1 Å². The summed E-state index contributed by atoms with van der Waals surface area (Å²) in [6, 6.07) is 10.3. The minimum Gasteiger partial charge on any atom is -0.339 e. The van der Waals surface area contributed by atoms with Gasteiger partial charge in [-0.25, -0.2) is 4.68 Å². The number of benzene rings is 1. The smallest absolute Gasteiger partial charge is 0.231 e. The van der Waals surface area contributed by atoms with Crippen molar-refractivity contribution in [3.8, 4) is 5.69 Å². The summed E-state index contributed by atoms with van der Waals surface area (Å²) in [5.41, 5.74) is 2.17. The average molecular weight is 361 g/mol. The molecule has 1 saturated heterocycles. The first-order chi connectivity index (χ1) is 11.8. The molecule has 0 amide bonds. The predicted octanol–water partition coefficient (Wildman–Crippen LogP) is 1.84. The van der Waals surface area contributed by atoms with Crippen LogP contribution >= 0.6 is 12.4 Å². The summed E-state index contributed by atoms with van der Waals surface area (Å²) < 4.78 is 7.27. The molecule has 2 aromatic heterocycles. The molecule has 3 aromatic rings. The number of hydrogen-bond acceptors (Lipinski definition) is 6. The Balaban J connectivity index is 0.00000182. The molecule has 7 nitrogen and oxygen atoms in total. The van der Waals surface area contributed by atoms with E-state index >= 15 is 0 Å². The van der Waals surface area contributed by atoms with E-state index in [1.165, 1.54) is 0 Å². The Morgan fingerprint density at radius 1 is 1.28 bits per heavy atom. The lowest BCUT2D eigenvalue weighted by Gasteiger charge is -2.30. The van der Waals surface area contributed by atoms with Crippen molar-refractivity contribution >= 4 is 12.4 Å². The van der Waals surface area contributed by atoms with Crippen LogP contribution in [0.2, 0.25) is 0 Å². The Bertz CT molecular complexity index is 786. The maximum absolute atomic E-state index is 5.44. The van der Waals surface area contributed by atoms with Gasteiger partial charge in [-0.15, -0.1) is 12.4 Å². The van der Waals surface area contributed by atoms with Gasteiger partial charge in [0.15, 0.2) is 5.82 Å². The third-order valence-corrected chi connectivity index (χ3v) is 4.35. The van der Waals surface area contributed by atoms with Crippen molar-refractivity contribution in [2.45, 2.75) is 12.5 Å². The van der Waals surface area contributed by atoms with Gasteiger partial charge in [-0.2, -0.15) is 10.1 Å². The minimum atomic E-state index is 0. The number of rotatable bonds is 4. The molecule has 0 aliphatic carbocycles. The van der Waals surface area contributed by atoms with E-state index in [0.29, 0.717) is 12.3 Å². The zero-order valence-electron chi connectivity index (χ0n) is 14.0. The van der Waals surface area contributed by atoms with Gasteiger partial charge in [-0.1, -0.05) is 17.3 Å². The lowest BCUT2D eigenvalue weighted by molar-refractivity contribution is 0.190. The van der Waals surface area contributed by atoms with E-state index in [1.807, 2.05) is 29.1 Å². The van der Waals surface area contributed by atoms with Gasteiger partial charge in [0, 0.05) is 32.0 Å². The van der Waals surface area contributed by atoms with Gasteiger partial charge in [0.05, 0.1) is 18.2 Å². The lowest BCUT2D eigenvalue weighted by Crippen LogP contribution is -2.44. The molecular formula is C17H21ClN6O. The van der Waals surface area contributed by atoms with E-state index < -0.39 is 0 Å². The van der Waals surface area contributed by atoms with Gasteiger partial charge in [0.25, 0.3) is 0 Å². The molecule has 8 heteroatoms. The molecular weight excluding hydrogens is 340 g/mol. The normalized spacial score (nSPS) is 18.0. The Hall–Kier alpha value is -2.22. The van der Waals surface area contributed by atoms with Crippen LogP contribution in [0.4, 0.5) is 0 Å². The van der Waals surface area contributed by atoms with Crippen LogP contribution in [-0.4, -0.2) is 51.5 Å². The van der Waals surface area contributed by atoms with Crippen LogP contribution in [0.5, 0.6) is 0 Å². The first-order valence-corrected chi connectivity index (χ1v) is 8.12. The summed E-state index contributed by atoms with van der Waals surface area (Å²) in [7, 11) is 2.09. The van der Waals surface area contributed by atoms with Gasteiger partial charge in [-0.05, 0) is 30.8 Å². The zero-order chi connectivity index (χ0) is 16.4. The summed E-state index contributed by atoms with van der Waals surface area (Å²) in [4.78, 5) is 6.83. The molecule has 132 valence electrons. The fourth-order valence-electron chi connectivity index (χ4n) is 2.93. The number of piperazine rings is 1. The number of nitrogens with one attached hydrogen (secondary N) is 1. The van der Waals surface area contributed by atoms with Gasteiger partial charge < -0.3 is 9.84 Å². The summed E-state index contributed by atoms with van der Waals surface area (Å²) >= 11 is 0.